The normalized spacial score (nSPS) is 10.8. The Kier molecular flexibility index (Phi) is 11.0. The Hall–Kier alpha value is -1.52. The molecule has 1 aromatic rings. The number of oxazole rings is 1. The second kappa shape index (κ2) is 13.0. The van der Waals surface area contributed by atoms with Crippen molar-refractivity contribution in [1.29, 1.82) is 0 Å². The van der Waals surface area contributed by atoms with Crippen LogP contribution in [0.15, 0.2) is 10.7 Å². The van der Waals surface area contributed by atoms with Gasteiger partial charge in [0.2, 0.25) is 0 Å². The molecule has 0 aliphatic carbocycles. The molecule has 0 aliphatic heterocycles. The number of ether oxygens (including phenoxy) is 1. The van der Waals surface area contributed by atoms with Gasteiger partial charge in [-0.15, -0.1) is 0 Å². The Balaban J connectivity index is 1.83. The highest BCUT2D eigenvalue weighted by molar-refractivity contribution is 5.84. The van der Waals surface area contributed by atoms with Crippen LogP contribution in [0.3, 0.4) is 0 Å². The van der Waals surface area contributed by atoms with Crippen molar-refractivity contribution in [2.24, 2.45) is 0 Å². The predicted octanol–water partition coefficient (Wildman–Crippen LogP) is 5.45. The molecule has 1 N–H and O–H groups in total. The fourth-order valence-corrected chi connectivity index (χ4v) is 2.52. The van der Waals surface area contributed by atoms with Crippen LogP contribution < -0.4 is 4.74 Å². The first-order chi connectivity index (χ1) is 11.2. The van der Waals surface area contributed by atoms with Gasteiger partial charge in [0.1, 0.15) is 6.26 Å². The number of hydrogen-bond donors (Lipinski definition) is 1. The Morgan fingerprint density at radius 3 is 2.00 bits per heavy atom. The molecule has 1 rings (SSSR count). The molecule has 0 amide bonds. The van der Waals surface area contributed by atoms with Gasteiger partial charge in [0, 0.05) is 0 Å². The third-order valence-corrected chi connectivity index (χ3v) is 3.93. The monoisotopic (exact) mass is 325 g/mol. The first-order valence-corrected chi connectivity index (χ1v) is 9.05. The zero-order chi connectivity index (χ0) is 16.8. The molecule has 0 atom stereocenters. The van der Waals surface area contributed by atoms with Gasteiger partial charge in [0.25, 0.3) is 0 Å². The molecule has 0 bridgehead atoms. The minimum Gasteiger partial charge on any atom is -0.476 e. The maximum absolute atomic E-state index is 10.6. The summed E-state index contributed by atoms with van der Waals surface area (Å²) in [4.78, 5) is 14.3. The average Bonchev–Trinajstić information content (AvgIpc) is 3.01. The summed E-state index contributed by atoms with van der Waals surface area (Å²) in [5.74, 6) is -1.10. The molecule has 0 spiro atoms. The van der Waals surface area contributed by atoms with Gasteiger partial charge in [0.15, 0.2) is 5.69 Å². The van der Waals surface area contributed by atoms with E-state index < -0.39 is 5.97 Å². The van der Waals surface area contributed by atoms with Crippen LogP contribution in [0.25, 0.3) is 0 Å². The highest BCUT2D eigenvalue weighted by atomic mass is 16.6. The van der Waals surface area contributed by atoms with Crippen LogP contribution in [-0.4, -0.2) is 22.7 Å². The molecule has 0 aliphatic rings. The maximum Gasteiger partial charge on any atom is 0.394 e. The minimum absolute atomic E-state index is 0.0467. The summed E-state index contributed by atoms with van der Waals surface area (Å²) in [6.07, 6.45) is 16.7. The SMILES string of the molecule is CCCCCCCCCCCCCCOc1nc(C(=O)O)co1. The largest absolute Gasteiger partial charge is 0.476 e. The number of nitrogens with zero attached hydrogens (tertiary/aromatic N) is 1. The van der Waals surface area contributed by atoms with Crippen molar-refractivity contribution in [3.05, 3.63) is 12.0 Å². The van der Waals surface area contributed by atoms with Crippen LogP contribution in [0.4, 0.5) is 0 Å². The van der Waals surface area contributed by atoms with Crippen molar-refractivity contribution >= 4 is 5.97 Å². The molecule has 0 fully saturated rings. The van der Waals surface area contributed by atoms with E-state index in [1.54, 1.807) is 0 Å². The van der Waals surface area contributed by atoms with E-state index in [0.29, 0.717) is 6.61 Å². The molecule has 0 unspecified atom stereocenters. The number of unbranched alkanes of at least 4 members (excludes halogenated alkanes) is 11. The lowest BCUT2D eigenvalue weighted by Crippen LogP contribution is -1.99. The van der Waals surface area contributed by atoms with Gasteiger partial charge in [-0.3, -0.25) is 0 Å². The summed E-state index contributed by atoms with van der Waals surface area (Å²) in [5, 5.41) is 8.70. The summed E-state index contributed by atoms with van der Waals surface area (Å²) < 4.78 is 10.2. The van der Waals surface area contributed by atoms with E-state index in [-0.39, 0.29) is 11.8 Å². The molecule has 1 heterocycles. The molecular formula is C18H31NO4. The minimum atomic E-state index is -1.10. The standard InChI is InChI=1S/C18H31NO4/c1-2-3-4-5-6-7-8-9-10-11-12-13-14-22-18-19-16(15-23-18)17(20)21/h15H,2-14H2,1H3,(H,20,21). The molecule has 1 aromatic heterocycles. The summed E-state index contributed by atoms with van der Waals surface area (Å²) in [7, 11) is 0. The van der Waals surface area contributed by atoms with Crippen molar-refractivity contribution in [3.63, 3.8) is 0 Å². The molecule has 0 saturated carbocycles. The summed E-state index contributed by atoms with van der Waals surface area (Å²) >= 11 is 0. The van der Waals surface area contributed by atoms with E-state index in [1.165, 1.54) is 64.2 Å². The summed E-state index contributed by atoms with van der Waals surface area (Å²) in [5.41, 5.74) is -0.116. The molecule has 5 nitrogen and oxygen atoms in total. The van der Waals surface area contributed by atoms with Gasteiger partial charge in [0.05, 0.1) is 6.61 Å². The predicted molar refractivity (Wildman–Crippen MR) is 90.0 cm³/mol. The topological polar surface area (TPSA) is 72.6 Å². The zero-order valence-corrected chi connectivity index (χ0v) is 14.4. The van der Waals surface area contributed by atoms with E-state index >= 15 is 0 Å². The lowest BCUT2D eigenvalue weighted by atomic mass is 10.1. The molecule has 23 heavy (non-hydrogen) atoms. The average molecular weight is 325 g/mol. The van der Waals surface area contributed by atoms with Crippen LogP contribution in [0.5, 0.6) is 6.08 Å². The highest BCUT2D eigenvalue weighted by Crippen LogP contribution is 2.13. The van der Waals surface area contributed by atoms with Crippen LogP contribution >= 0.6 is 0 Å². The van der Waals surface area contributed by atoms with Gasteiger partial charge in [-0.2, -0.15) is 4.98 Å². The Morgan fingerprint density at radius 2 is 1.52 bits per heavy atom. The smallest absolute Gasteiger partial charge is 0.394 e. The van der Waals surface area contributed by atoms with Gasteiger partial charge in [-0.25, -0.2) is 4.79 Å². The third-order valence-electron chi connectivity index (χ3n) is 3.93. The number of rotatable bonds is 15. The second-order valence-corrected chi connectivity index (χ2v) is 6.04. The zero-order valence-electron chi connectivity index (χ0n) is 14.4. The second-order valence-electron chi connectivity index (χ2n) is 6.04. The molecule has 132 valence electrons. The molecule has 0 saturated heterocycles. The van der Waals surface area contributed by atoms with E-state index in [1.807, 2.05) is 0 Å². The lowest BCUT2D eigenvalue weighted by molar-refractivity contribution is 0.0690. The Bertz CT molecular complexity index is 417. The summed E-state index contributed by atoms with van der Waals surface area (Å²) in [6, 6.07) is 0. The van der Waals surface area contributed by atoms with Crippen LogP contribution in [0, 0.1) is 0 Å². The number of carboxylic acid groups (broad SMARTS) is 1. The van der Waals surface area contributed by atoms with Crippen molar-refractivity contribution in [2.45, 2.75) is 84.0 Å². The first kappa shape index (κ1) is 19.5. The van der Waals surface area contributed by atoms with Crippen LogP contribution in [-0.2, 0) is 0 Å². The summed E-state index contributed by atoms with van der Waals surface area (Å²) in [6.45, 7) is 2.78. The number of aromatic nitrogens is 1. The molecule has 5 heteroatoms. The number of carboxylic acids is 1. The van der Waals surface area contributed by atoms with E-state index in [9.17, 15) is 4.79 Å². The fraction of sp³-hybridized carbons (Fsp3) is 0.778. The molecule has 0 radical (unpaired) electrons. The molecule has 0 aromatic carbocycles. The van der Waals surface area contributed by atoms with Gasteiger partial charge >= 0.3 is 12.0 Å². The maximum atomic E-state index is 10.6. The van der Waals surface area contributed by atoms with Gasteiger partial charge in [-0.1, -0.05) is 77.6 Å². The number of hydrogen-bond acceptors (Lipinski definition) is 4. The molecular weight excluding hydrogens is 294 g/mol. The Labute approximate surface area is 139 Å². The highest BCUT2D eigenvalue weighted by Gasteiger charge is 2.10. The van der Waals surface area contributed by atoms with E-state index in [0.717, 1.165) is 19.1 Å². The quantitative estimate of drug-likeness (QED) is 0.434. The van der Waals surface area contributed by atoms with Crippen molar-refractivity contribution in [2.75, 3.05) is 6.61 Å². The van der Waals surface area contributed by atoms with E-state index in [4.69, 9.17) is 14.3 Å². The fourth-order valence-electron chi connectivity index (χ4n) is 2.52. The van der Waals surface area contributed by atoms with Crippen LogP contribution in [0.2, 0.25) is 0 Å². The van der Waals surface area contributed by atoms with Gasteiger partial charge < -0.3 is 14.3 Å². The third kappa shape index (κ3) is 9.97. The first-order valence-electron chi connectivity index (χ1n) is 9.05. The van der Waals surface area contributed by atoms with E-state index in [2.05, 4.69) is 11.9 Å². The van der Waals surface area contributed by atoms with Crippen molar-refractivity contribution < 1.29 is 19.1 Å². The number of carbonyl (C=O) groups is 1. The van der Waals surface area contributed by atoms with Crippen molar-refractivity contribution in [1.82, 2.24) is 4.98 Å². The number of aromatic carboxylic acids is 1. The Morgan fingerprint density at radius 1 is 1.00 bits per heavy atom. The van der Waals surface area contributed by atoms with Gasteiger partial charge in [-0.05, 0) is 6.42 Å². The van der Waals surface area contributed by atoms with Crippen LogP contribution in [0.1, 0.15) is 94.5 Å². The van der Waals surface area contributed by atoms with Crippen molar-refractivity contribution in [3.8, 4) is 6.08 Å². The lowest BCUT2D eigenvalue weighted by Gasteiger charge is -2.03.